The highest BCUT2D eigenvalue weighted by Crippen LogP contribution is 2.20. The van der Waals surface area contributed by atoms with Crippen LogP contribution in [0.1, 0.15) is 18.3 Å². The molecule has 0 bridgehead atoms. The Bertz CT molecular complexity index is 532. The second-order valence-corrected chi connectivity index (χ2v) is 4.20. The van der Waals surface area contributed by atoms with Crippen molar-refractivity contribution in [3.8, 4) is 0 Å². The summed E-state index contributed by atoms with van der Waals surface area (Å²) in [6.45, 7) is 5.10. The first-order valence-electron chi connectivity index (χ1n) is 5.65. The molecule has 0 N–H and O–H groups in total. The number of imidazole rings is 1. The van der Waals surface area contributed by atoms with Gasteiger partial charge in [-0.1, -0.05) is 6.92 Å². The van der Waals surface area contributed by atoms with E-state index in [0.717, 1.165) is 43.1 Å². The summed E-state index contributed by atoms with van der Waals surface area (Å²) in [6.07, 6.45) is 2.49. The number of pyridine rings is 1. The third-order valence-electron chi connectivity index (χ3n) is 3.25. The average molecular weight is 219 g/mol. The van der Waals surface area contributed by atoms with Gasteiger partial charge in [0.2, 0.25) is 0 Å². The van der Waals surface area contributed by atoms with Gasteiger partial charge >= 0.3 is 0 Å². The SMILES string of the molecule is CCN1CCc2nc3ccc(F)cn3c2C1. The molecule has 0 atom stereocenters. The molecular weight excluding hydrogens is 205 g/mol. The maximum absolute atomic E-state index is 13.2. The Labute approximate surface area is 93.5 Å². The number of halogens is 1. The molecule has 1 aliphatic heterocycles. The molecule has 3 nitrogen and oxygen atoms in total. The predicted octanol–water partition coefficient (Wildman–Crippen LogP) is 1.85. The number of rotatable bonds is 1. The van der Waals surface area contributed by atoms with E-state index in [2.05, 4.69) is 16.8 Å². The lowest BCUT2D eigenvalue weighted by Crippen LogP contribution is -2.30. The predicted molar refractivity (Wildman–Crippen MR) is 59.8 cm³/mol. The fourth-order valence-corrected chi connectivity index (χ4v) is 2.31. The molecule has 84 valence electrons. The standard InChI is InChI=1S/C12H14FN3/c1-2-15-6-5-10-11(8-15)16-7-9(13)3-4-12(16)14-10/h3-4,7H,2,5-6,8H2,1H3. The minimum Gasteiger partial charge on any atom is -0.300 e. The quantitative estimate of drug-likeness (QED) is 0.729. The van der Waals surface area contributed by atoms with E-state index in [0.29, 0.717) is 0 Å². The van der Waals surface area contributed by atoms with Gasteiger partial charge in [0.05, 0.1) is 11.4 Å². The molecule has 0 unspecified atom stereocenters. The molecule has 16 heavy (non-hydrogen) atoms. The number of hydrogen-bond acceptors (Lipinski definition) is 2. The van der Waals surface area contributed by atoms with Gasteiger partial charge in [0, 0.05) is 25.7 Å². The van der Waals surface area contributed by atoms with E-state index < -0.39 is 0 Å². The highest BCUT2D eigenvalue weighted by molar-refractivity contribution is 5.44. The summed E-state index contributed by atoms with van der Waals surface area (Å²) in [6, 6.07) is 3.20. The molecule has 3 rings (SSSR count). The van der Waals surface area contributed by atoms with Gasteiger partial charge in [0.25, 0.3) is 0 Å². The third kappa shape index (κ3) is 1.41. The van der Waals surface area contributed by atoms with Crippen LogP contribution in [0.3, 0.4) is 0 Å². The molecule has 2 aromatic rings. The van der Waals surface area contributed by atoms with Crippen molar-refractivity contribution in [3.05, 3.63) is 35.5 Å². The maximum Gasteiger partial charge on any atom is 0.139 e. The topological polar surface area (TPSA) is 20.5 Å². The van der Waals surface area contributed by atoms with Crippen molar-refractivity contribution >= 4 is 5.65 Å². The Balaban J connectivity index is 2.15. The summed E-state index contributed by atoms with van der Waals surface area (Å²) < 4.78 is 15.1. The molecule has 0 saturated carbocycles. The Morgan fingerprint density at radius 1 is 1.44 bits per heavy atom. The highest BCUT2D eigenvalue weighted by atomic mass is 19.1. The fraction of sp³-hybridized carbons (Fsp3) is 0.417. The Kier molecular flexibility index (Phi) is 2.17. The zero-order chi connectivity index (χ0) is 11.1. The summed E-state index contributed by atoms with van der Waals surface area (Å²) in [5.74, 6) is -0.207. The zero-order valence-electron chi connectivity index (χ0n) is 9.28. The van der Waals surface area contributed by atoms with Gasteiger partial charge in [0.15, 0.2) is 0 Å². The summed E-state index contributed by atoms with van der Waals surface area (Å²) in [5.41, 5.74) is 3.11. The molecule has 0 fully saturated rings. The normalized spacial score (nSPS) is 16.6. The van der Waals surface area contributed by atoms with Crippen LogP contribution in [-0.2, 0) is 13.0 Å². The van der Waals surface area contributed by atoms with Crippen molar-refractivity contribution in [2.45, 2.75) is 19.9 Å². The zero-order valence-corrected chi connectivity index (χ0v) is 9.28. The molecule has 0 aromatic carbocycles. The van der Waals surface area contributed by atoms with E-state index in [1.807, 2.05) is 4.40 Å². The second-order valence-electron chi connectivity index (χ2n) is 4.20. The highest BCUT2D eigenvalue weighted by Gasteiger charge is 2.20. The largest absolute Gasteiger partial charge is 0.300 e. The number of hydrogen-bond donors (Lipinski definition) is 0. The van der Waals surface area contributed by atoms with Crippen molar-refractivity contribution < 1.29 is 4.39 Å². The Hall–Kier alpha value is -1.42. The van der Waals surface area contributed by atoms with Gasteiger partial charge in [-0.3, -0.25) is 9.30 Å². The molecule has 3 heterocycles. The lowest BCUT2D eigenvalue weighted by molar-refractivity contribution is 0.262. The van der Waals surface area contributed by atoms with Crippen LogP contribution < -0.4 is 0 Å². The van der Waals surface area contributed by atoms with E-state index in [1.165, 1.54) is 12.3 Å². The van der Waals surface area contributed by atoms with Crippen LogP contribution in [0.15, 0.2) is 18.3 Å². The van der Waals surface area contributed by atoms with E-state index >= 15 is 0 Å². The lowest BCUT2D eigenvalue weighted by Gasteiger charge is -2.24. The fourth-order valence-electron chi connectivity index (χ4n) is 2.31. The van der Waals surface area contributed by atoms with E-state index in [9.17, 15) is 4.39 Å². The number of likely N-dealkylation sites (N-methyl/N-ethyl adjacent to an activating group) is 1. The molecule has 0 spiro atoms. The van der Waals surface area contributed by atoms with Gasteiger partial charge < -0.3 is 0 Å². The molecule has 0 saturated heterocycles. The number of fused-ring (bicyclic) bond motifs is 3. The monoisotopic (exact) mass is 219 g/mol. The molecule has 0 aliphatic carbocycles. The number of aromatic nitrogens is 2. The van der Waals surface area contributed by atoms with Crippen LogP contribution in [0.5, 0.6) is 0 Å². The van der Waals surface area contributed by atoms with Gasteiger partial charge in [-0.25, -0.2) is 9.37 Å². The van der Waals surface area contributed by atoms with E-state index in [1.54, 1.807) is 6.07 Å². The average Bonchev–Trinajstić information content (AvgIpc) is 2.66. The van der Waals surface area contributed by atoms with Gasteiger partial charge in [-0.15, -0.1) is 0 Å². The Morgan fingerprint density at radius 2 is 2.31 bits per heavy atom. The summed E-state index contributed by atoms with van der Waals surface area (Å²) in [4.78, 5) is 6.88. The molecule has 4 heteroatoms. The Morgan fingerprint density at radius 3 is 3.12 bits per heavy atom. The maximum atomic E-state index is 13.2. The minimum absolute atomic E-state index is 0.207. The summed E-state index contributed by atoms with van der Waals surface area (Å²) in [7, 11) is 0. The van der Waals surface area contributed by atoms with Crippen molar-refractivity contribution in [3.63, 3.8) is 0 Å². The first kappa shape index (κ1) is 9.78. The van der Waals surface area contributed by atoms with Crippen molar-refractivity contribution in [1.29, 1.82) is 0 Å². The van der Waals surface area contributed by atoms with Crippen LogP contribution in [0.25, 0.3) is 5.65 Å². The van der Waals surface area contributed by atoms with Gasteiger partial charge in [0.1, 0.15) is 11.5 Å². The van der Waals surface area contributed by atoms with Crippen LogP contribution in [0.4, 0.5) is 4.39 Å². The van der Waals surface area contributed by atoms with Crippen LogP contribution in [-0.4, -0.2) is 27.4 Å². The van der Waals surface area contributed by atoms with Crippen LogP contribution in [0.2, 0.25) is 0 Å². The molecular formula is C12H14FN3. The minimum atomic E-state index is -0.207. The smallest absolute Gasteiger partial charge is 0.139 e. The first-order valence-corrected chi connectivity index (χ1v) is 5.65. The van der Waals surface area contributed by atoms with Gasteiger partial charge in [-0.2, -0.15) is 0 Å². The lowest BCUT2D eigenvalue weighted by atomic mass is 10.1. The molecule has 0 amide bonds. The summed E-state index contributed by atoms with van der Waals surface area (Å²) in [5, 5.41) is 0. The van der Waals surface area contributed by atoms with Gasteiger partial charge in [-0.05, 0) is 18.7 Å². The van der Waals surface area contributed by atoms with Crippen LogP contribution >= 0.6 is 0 Å². The van der Waals surface area contributed by atoms with E-state index in [4.69, 9.17) is 0 Å². The number of nitrogens with zero attached hydrogens (tertiary/aromatic N) is 3. The first-order chi connectivity index (χ1) is 7.78. The summed E-state index contributed by atoms with van der Waals surface area (Å²) >= 11 is 0. The second kappa shape index (κ2) is 3.56. The van der Waals surface area contributed by atoms with Crippen molar-refractivity contribution in [2.75, 3.05) is 13.1 Å². The molecule has 1 aliphatic rings. The van der Waals surface area contributed by atoms with Crippen molar-refractivity contribution in [2.24, 2.45) is 0 Å². The van der Waals surface area contributed by atoms with E-state index in [-0.39, 0.29) is 5.82 Å². The third-order valence-corrected chi connectivity index (χ3v) is 3.25. The molecule has 0 radical (unpaired) electrons. The molecule has 2 aromatic heterocycles. The van der Waals surface area contributed by atoms with Crippen molar-refractivity contribution in [1.82, 2.24) is 14.3 Å². The van der Waals surface area contributed by atoms with Crippen LogP contribution in [0, 0.1) is 5.82 Å².